The van der Waals surface area contributed by atoms with Crippen LogP contribution in [-0.4, -0.2) is 17.7 Å². The van der Waals surface area contributed by atoms with Crippen LogP contribution in [0.1, 0.15) is 20.3 Å². The molecule has 104 valence electrons. The Morgan fingerprint density at radius 3 is 2.84 bits per heavy atom. The third kappa shape index (κ3) is 4.73. The lowest BCUT2D eigenvalue weighted by Gasteiger charge is -2.18. The van der Waals surface area contributed by atoms with Crippen molar-refractivity contribution in [1.29, 1.82) is 0 Å². The molecule has 3 N–H and O–H groups in total. The maximum atomic E-state index is 12.1. The van der Waals surface area contributed by atoms with E-state index in [1.54, 1.807) is 11.8 Å². The summed E-state index contributed by atoms with van der Waals surface area (Å²) in [6, 6.07) is 7.27. The number of anilines is 1. The maximum Gasteiger partial charge on any atom is 0.241 e. The van der Waals surface area contributed by atoms with Crippen LogP contribution >= 0.6 is 11.8 Å². The van der Waals surface area contributed by atoms with E-state index in [1.165, 1.54) is 0 Å². The molecular formula is C15H22N2OS. The highest BCUT2D eigenvalue weighted by atomic mass is 32.2. The lowest BCUT2D eigenvalue weighted by Crippen LogP contribution is -2.40. The number of rotatable bonds is 7. The van der Waals surface area contributed by atoms with Gasteiger partial charge in [0.2, 0.25) is 5.91 Å². The summed E-state index contributed by atoms with van der Waals surface area (Å²) in [7, 11) is 0. The van der Waals surface area contributed by atoms with E-state index in [0.717, 1.165) is 22.8 Å². The number of thioether (sulfide) groups is 1. The number of nitrogens with two attached hydrogens (primary N) is 1. The highest BCUT2D eigenvalue weighted by Gasteiger charge is 2.20. The molecule has 3 nitrogen and oxygen atoms in total. The molecule has 1 rings (SSSR count). The number of hydrogen-bond acceptors (Lipinski definition) is 3. The molecule has 1 amide bonds. The van der Waals surface area contributed by atoms with Gasteiger partial charge >= 0.3 is 0 Å². The average Bonchev–Trinajstić information content (AvgIpc) is 2.44. The predicted octanol–water partition coefficient (Wildman–Crippen LogP) is 3.28. The fraction of sp³-hybridized carbons (Fsp3) is 0.400. The molecule has 1 aromatic rings. The lowest BCUT2D eigenvalue weighted by molar-refractivity contribution is -0.118. The molecule has 1 aromatic carbocycles. The molecule has 0 saturated carbocycles. The number of hydrogen-bond donors (Lipinski definition) is 2. The Morgan fingerprint density at radius 1 is 1.53 bits per heavy atom. The first-order chi connectivity index (χ1) is 9.10. The molecule has 0 aliphatic heterocycles. The van der Waals surface area contributed by atoms with E-state index in [-0.39, 0.29) is 11.8 Å². The minimum Gasteiger partial charge on any atom is -0.324 e. The van der Waals surface area contributed by atoms with Crippen molar-refractivity contribution < 1.29 is 4.79 Å². The summed E-state index contributed by atoms with van der Waals surface area (Å²) >= 11 is 1.64. The van der Waals surface area contributed by atoms with Gasteiger partial charge in [-0.3, -0.25) is 4.79 Å². The van der Waals surface area contributed by atoms with E-state index in [4.69, 9.17) is 5.73 Å². The Kier molecular flexibility index (Phi) is 6.67. The van der Waals surface area contributed by atoms with Crippen LogP contribution in [-0.2, 0) is 4.79 Å². The minimum atomic E-state index is -0.470. The van der Waals surface area contributed by atoms with Gasteiger partial charge in [0.15, 0.2) is 0 Å². The Labute approximate surface area is 119 Å². The van der Waals surface area contributed by atoms with Gasteiger partial charge < -0.3 is 11.1 Å². The van der Waals surface area contributed by atoms with Crippen LogP contribution in [0.5, 0.6) is 0 Å². The van der Waals surface area contributed by atoms with E-state index >= 15 is 0 Å². The summed E-state index contributed by atoms with van der Waals surface area (Å²) < 4.78 is 0. The van der Waals surface area contributed by atoms with E-state index in [0.29, 0.717) is 0 Å². The molecule has 0 fully saturated rings. The Morgan fingerprint density at radius 2 is 2.21 bits per heavy atom. The molecule has 4 heteroatoms. The molecule has 0 bridgehead atoms. The first kappa shape index (κ1) is 15.8. The molecule has 0 aromatic heterocycles. The van der Waals surface area contributed by atoms with E-state index in [9.17, 15) is 4.79 Å². The van der Waals surface area contributed by atoms with Gasteiger partial charge in [-0.05, 0) is 18.1 Å². The number of nitrogens with one attached hydrogen (secondary N) is 1. The van der Waals surface area contributed by atoms with Crippen LogP contribution in [0.3, 0.4) is 0 Å². The summed E-state index contributed by atoms with van der Waals surface area (Å²) in [5.74, 6) is 0.860. The van der Waals surface area contributed by atoms with Gasteiger partial charge in [-0.2, -0.15) is 0 Å². The van der Waals surface area contributed by atoms with Crippen molar-refractivity contribution in [2.75, 3.05) is 11.1 Å². The standard InChI is InChI=1S/C15H22N2OS/c1-4-10-19-13-9-7-6-8-12(13)17-15(18)14(16)11(3)5-2/h4,6-9,11,14H,1,5,10,16H2,2-3H3,(H,17,18)/t11-,14-/m0/s1. The summed E-state index contributed by atoms with van der Waals surface area (Å²) in [6.07, 6.45) is 2.73. The smallest absolute Gasteiger partial charge is 0.241 e. The molecular weight excluding hydrogens is 256 g/mol. The second kappa shape index (κ2) is 8.02. The van der Waals surface area contributed by atoms with Crippen LogP contribution in [0.15, 0.2) is 41.8 Å². The second-order valence-corrected chi connectivity index (χ2v) is 5.56. The normalized spacial score (nSPS) is 13.6. The van der Waals surface area contributed by atoms with Crippen LogP contribution in [0.25, 0.3) is 0 Å². The van der Waals surface area contributed by atoms with Crippen molar-refractivity contribution >= 4 is 23.4 Å². The largest absolute Gasteiger partial charge is 0.324 e. The van der Waals surface area contributed by atoms with Crippen molar-refractivity contribution in [1.82, 2.24) is 0 Å². The lowest BCUT2D eigenvalue weighted by atomic mass is 9.99. The van der Waals surface area contributed by atoms with Crippen molar-refractivity contribution in [3.63, 3.8) is 0 Å². The minimum absolute atomic E-state index is 0.124. The first-order valence-electron chi connectivity index (χ1n) is 6.49. The highest BCUT2D eigenvalue weighted by molar-refractivity contribution is 7.99. The van der Waals surface area contributed by atoms with Gasteiger partial charge in [-0.1, -0.05) is 38.5 Å². The third-order valence-electron chi connectivity index (χ3n) is 3.06. The monoisotopic (exact) mass is 278 g/mol. The topological polar surface area (TPSA) is 55.1 Å². The van der Waals surface area contributed by atoms with Crippen LogP contribution in [0.2, 0.25) is 0 Å². The molecule has 0 unspecified atom stereocenters. The summed E-state index contributed by atoms with van der Waals surface area (Å²) in [5.41, 5.74) is 6.75. The van der Waals surface area contributed by atoms with Gasteiger partial charge in [0.1, 0.15) is 0 Å². The molecule has 0 aliphatic carbocycles. The highest BCUT2D eigenvalue weighted by Crippen LogP contribution is 2.27. The fourth-order valence-corrected chi connectivity index (χ4v) is 2.32. The SMILES string of the molecule is C=CCSc1ccccc1NC(=O)[C@@H](N)[C@@H](C)CC. The van der Waals surface area contributed by atoms with Gasteiger partial charge in [0.05, 0.1) is 11.7 Å². The number of para-hydroxylation sites is 1. The third-order valence-corrected chi connectivity index (χ3v) is 4.13. The summed E-state index contributed by atoms with van der Waals surface area (Å²) in [6.45, 7) is 7.72. The average molecular weight is 278 g/mol. The molecule has 0 saturated heterocycles. The fourth-order valence-electron chi connectivity index (χ4n) is 1.57. The van der Waals surface area contributed by atoms with Crippen molar-refractivity contribution in [3.05, 3.63) is 36.9 Å². The molecule has 0 heterocycles. The summed E-state index contributed by atoms with van der Waals surface area (Å²) in [5, 5.41) is 2.92. The molecule has 19 heavy (non-hydrogen) atoms. The molecule has 2 atom stereocenters. The number of carbonyl (C=O) groups excluding carboxylic acids is 1. The number of benzene rings is 1. The van der Waals surface area contributed by atoms with Crippen LogP contribution < -0.4 is 11.1 Å². The van der Waals surface area contributed by atoms with Crippen molar-refractivity contribution in [3.8, 4) is 0 Å². The van der Waals surface area contributed by atoms with Gasteiger partial charge in [0.25, 0.3) is 0 Å². The second-order valence-electron chi connectivity index (χ2n) is 4.50. The zero-order valence-electron chi connectivity index (χ0n) is 11.6. The Balaban J connectivity index is 2.75. The molecule has 0 spiro atoms. The maximum absolute atomic E-state index is 12.1. The zero-order chi connectivity index (χ0) is 14.3. The van der Waals surface area contributed by atoms with E-state index in [2.05, 4.69) is 11.9 Å². The number of carbonyl (C=O) groups is 1. The Bertz CT molecular complexity index is 434. The van der Waals surface area contributed by atoms with Crippen molar-refractivity contribution in [2.24, 2.45) is 11.7 Å². The molecule has 0 aliphatic rings. The van der Waals surface area contributed by atoms with Crippen molar-refractivity contribution in [2.45, 2.75) is 31.2 Å². The Hall–Kier alpha value is -1.26. The number of amides is 1. The first-order valence-corrected chi connectivity index (χ1v) is 7.47. The zero-order valence-corrected chi connectivity index (χ0v) is 12.4. The van der Waals surface area contributed by atoms with Gasteiger partial charge in [0, 0.05) is 10.6 Å². The van der Waals surface area contributed by atoms with Crippen LogP contribution in [0, 0.1) is 5.92 Å². The van der Waals surface area contributed by atoms with E-state index < -0.39 is 6.04 Å². The van der Waals surface area contributed by atoms with Gasteiger partial charge in [-0.15, -0.1) is 18.3 Å². The quantitative estimate of drug-likeness (QED) is 0.594. The van der Waals surface area contributed by atoms with Gasteiger partial charge in [-0.25, -0.2) is 0 Å². The summed E-state index contributed by atoms with van der Waals surface area (Å²) in [4.78, 5) is 13.1. The predicted molar refractivity (Wildman–Crippen MR) is 83.4 cm³/mol. The van der Waals surface area contributed by atoms with Crippen LogP contribution in [0.4, 0.5) is 5.69 Å². The van der Waals surface area contributed by atoms with E-state index in [1.807, 2.05) is 44.2 Å². The molecule has 0 radical (unpaired) electrons.